The fourth-order valence-corrected chi connectivity index (χ4v) is 11.3. The lowest BCUT2D eigenvalue weighted by Gasteiger charge is -2.31. The second-order valence-electron chi connectivity index (χ2n) is 13.6. The largest absolute Gasteiger partial charge is 0.508 e. The Balaban J connectivity index is 1.78. The molecule has 0 heterocycles. The van der Waals surface area contributed by atoms with E-state index in [0.29, 0.717) is 0 Å². The van der Waals surface area contributed by atoms with Crippen LogP contribution in [0.15, 0.2) is 35.7 Å². The summed E-state index contributed by atoms with van der Waals surface area (Å²) in [6.07, 6.45) is 6.11. The lowest BCUT2D eigenvalue weighted by molar-refractivity contribution is -0.126. The van der Waals surface area contributed by atoms with E-state index in [4.69, 9.17) is 21.7 Å². The zero-order valence-electron chi connectivity index (χ0n) is 28.3. The molecule has 1 unspecified atom stereocenters. The van der Waals surface area contributed by atoms with Crippen LogP contribution in [0, 0.1) is 5.92 Å². The zero-order chi connectivity index (χ0) is 36.0. The molecule has 2 aliphatic rings. The molecule has 0 radical (unpaired) electrons. The van der Waals surface area contributed by atoms with Gasteiger partial charge in [-0.1, -0.05) is 37.8 Å². The number of nitrogens with two attached hydrogens (primary N) is 3. The van der Waals surface area contributed by atoms with Crippen molar-refractivity contribution in [2.24, 2.45) is 23.1 Å². The molecule has 2 fully saturated rings. The van der Waals surface area contributed by atoms with Gasteiger partial charge >= 0.3 is 0 Å². The van der Waals surface area contributed by atoms with Gasteiger partial charge in [-0.25, -0.2) is 9.79 Å². The molecule has 16 heteroatoms. The van der Waals surface area contributed by atoms with Gasteiger partial charge in [0, 0.05) is 19.3 Å². The first-order valence-electron chi connectivity index (χ1n) is 17.2. The van der Waals surface area contributed by atoms with Crippen molar-refractivity contribution in [3.8, 4) is 5.75 Å². The van der Waals surface area contributed by atoms with E-state index in [1.165, 1.54) is 17.9 Å². The number of carbonyl (C=O) groups is 3. The van der Waals surface area contributed by atoms with Crippen LogP contribution >= 0.6 is 15.1 Å². The van der Waals surface area contributed by atoms with E-state index in [-0.39, 0.29) is 56.1 Å². The lowest BCUT2D eigenvalue weighted by Crippen LogP contribution is -2.46. The minimum Gasteiger partial charge on any atom is -0.508 e. The summed E-state index contributed by atoms with van der Waals surface area (Å²) in [5.41, 5.74) is 18.7. The van der Waals surface area contributed by atoms with Crippen LogP contribution in [0.2, 0.25) is 0 Å². The highest BCUT2D eigenvalue weighted by molar-refractivity contribution is 7.67. The second kappa shape index (κ2) is 19.8. The summed E-state index contributed by atoms with van der Waals surface area (Å²) < 4.78 is 20.9. The van der Waals surface area contributed by atoms with Crippen LogP contribution in [0.1, 0.15) is 76.2 Å². The van der Waals surface area contributed by atoms with Gasteiger partial charge in [-0.3, -0.25) is 18.9 Å². The zero-order valence-corrected chi connectivity index (χ0v) is 30.0. The van der Waals surface area contributed by atoms with Crippen molar-refractivity contribution in [3.63, 3.8) is 0 Å². The number of amides is 3. The van der Waals surface area contributed by atoms with Crippen LogP contribution in [-0.2, 0) is 29.9 Å². The molecule has 0 saturated heterocycles. The number of phenolic OH excluding ortho intramolecular Hbond substituents is 1. The van der Waals surface area contributed by atoms with Crippen molar-refractivity contribution in [2.45, 2.75) is 101 Å². The third kappa shape index (κ3) is 15.6. The van der Waals surface area contributed by atoms with Gasteiger partial charge in [-0.15, -0.1) is 0 Å². The summed E-state index contributed by atoms with van der Waals surface area (Å²) >= 11 is 0. The molecule has 0 aromatic heterocycles. The minimum absolute atomic E-state index is 0.0616. The van der Waals surface area contributed by atoms with Gasteiger partial charge < -0.3 is 42.6 Å². The van der Waals surface area contributed by atoms with E-state index in [1.807, 2.05) is 0 Å². The number of aromatic hydroxyl groups is 1. The number of phenols is 1. The van der Waals surface area contributed by atoms with Crippen molar-refractivity contribution < 1.29 is 43.5 Å². The highest BCUT2D eigenvalue weighted by atomic mass is 31.2. The maximum atomic E-state index is 14.6. The summed E-state index contributed by atoms with van der Waals surface area (Å²) in [5.74, 6) is -0.306. The number of primary amides is 1. The summed E-state index contributed by atoms with van der Waals surface area (Å²) in [4.78, 5) is 59.0. The predicted octanol–water partition coefficient (Wildman–Crippen LogP) is 1.98. The molecule has 1 aromatic carbocycles. The first-order valence-corrected chi connectivity index (χ1v) is 21.2. The Labute approximate surface area is 289 Å². The summed E-state index contributed by atoms with van der Waals surface area (Å²) in [6, 6.07) is 4.14. The Morgan fingerprint density at radius 1 is 0.939 bits per heavy atom. The Morgan fingerprint density at radius 3 is 2.16 bits per heavy atom. The third-order valence-corrected chi connectivity index (χ3v) is 13.4. The van der Waals surface area contributed by atoms with Crippen LogP contribution in [0.3, 0.4) is 0 Å². The number of rotatable bonds is 19. The fraction of sp³-hybridized carbons (Fsp3) is 0.667. The normalized spacial score (nSPS) is 19.6. The number of benzene rings is 1. The van der Waals surface area contributed by atoms with Gasteiger partial charge in [0.05, 0.1) is 30.8 Å². The SMILES string of the molecule is NC(=O)C[C@H](N)C(=O)NC[C@@H](O)CP(=O)(CC1CCCCC1)O[C@H](CNC(=O)[C@@H](N)Cc1ccc(O)cc1)C[P+](O)(O)C=C1CCCCC1. The molecule has 2 saturated carbocycles. The van der Waals surface area contributed by atoms with Gasteiger partial charge in [0.15, 0.2) is 0 Å². The fourth-order valence-electron chi connectivity index (χ4n) is 6.48. The number of allylic oxidation sites excluding steroid dienone is 1. The van der Waals surface area contributed by atoms with Crippen molar-refractivity contribution in [1.29, 1.82) is 0 Å². The quantitative estimate of drug-likeness (QED) is 0.0931. The minimum atomic E-state index is -3.72. The summed E-state index contributed by atoms with van der Waals surface area (Å²) in [5, 5.41) is 25.7. The van der Waals surface area contributed by atoms with Crippen LogP contribution in [0.5, 0.6) is 5.75 Å². The number of carbonyl (C=O) groups excluding carboxylic acids is 3. The van der Waals surface area contributed by atoms with E-state index in [1.54, 1.807) is 12.1 Å². The van der Waals surface area contributed by atoms with Gasteiger partial charge in [0.2, 0.25) is 25.1 Å². The molecule has 1 aromatic rings. The standard InChI is InChI=1S/C33H55N5O9P2/c34-29(15-23-11-13-26(39)14-12-23)32(42)38-18-28(22-48(44,45)19-24-7-3-1-4-8-24)47-49(46,20-25-9-5-2-6-10-25)21-27(40)17-37-33(43)30(35)16-31(36)41/h11-14,19,25,27-30,40,44-45H,1-10,15-18,20-22,34-35H2,(H4-,36,37,38,39,41,42,43)/p+1/t27-,28-,29+,30+,49?/m1/s1. The maximum absolute atomic E-state index is 14.6. The summed E-state index contributed by atoms with van der Waals surface area (Å²) in [6.45, 7) is -0.516. The van der Waals surface area contributed by atoms with Crippen LogP contribution in [0.25, 0.3) is 0 Å². The van der Waals surface area contributed by atoms with Crippen molar-refractivity contribution >= 4 is 32.8 Å². The van der Waals surface area contributed by atoms with Gasteiger partial charge in [-0.2, -0.15) is 0 Å². The second-order valence-corrected chi connectivity index (χ2v) is 18.4. The van der Waals surface area contributed by atoms with Gasteiger partial charge in [0.1, 0.15) is 23.8 Å². The number of aliphatic hydroxyl groups excluding tert-OH is 1. The van der Waals surface area contributed by atoms with E-state index in [0.717, 1.165) is 75.3 Å². The molecule has 276 valence electrons. The van der Waals surface area contributed by atoms with E-state index >= 15 is 0 Å². The Hall–Kier alpha value is -2.41. The van der Waals surface area contributed by atoms with Crippen molar-refractivity contribution in [1.82, 2.24) is 10.6 Å². The van der Waals surface area contributed by atoms with E-state index in [9.17, 15) is 38.9 Å². The lowest BCUT2D eigenvalue weighted by atomic mass is 9.91. The highest BCUT2D eigenvalue weighted by Crippen LogP contribution is 2.58. The molecule has 3 rings (SSSR count). The Morgan fingerprint density at radius 2 is 1.53 bits per heavy atom. The average Bonchev–Trinajstić information content (AvgIpc) is 3.03. The molecular formula is C33H56N5O9P2+. The third-order valence-electron chi connectivity index (χ3n) is 8.95. The Bertz CT molecular complexity index is 1300. The molecule has 0 bridgehead atoms. The molecule has 3 amide bonds. The number of nitrogens with one attached hydrogen (secondary N) is 2. The van der Waals surface area contributed by atoms with Crippen LogP contribution in [0.4, 0.5) is 0 Å². The number of hydrogen-bond acceptors (Lipinski definition) is 11. The summed E-state index contributed by atoms with van der Waals surface area (Å²) in [7, 11) is -7.42. The predicted molar refractivity (Wildman–Crippen MR) is 190 cm³/mol. The number of aliphatic hydroxyl groups is 1. The Kier molecular flexibility index (Phi) is 16.6. The van der Waals surface area contributed by atoms with Gasteiger partial charge in [0.25, 0.3) is 7.72 Å². The topological polar surface area (TPSA) is 261 Å². The molecule has 0 spiro atoms. The highest BCUT2D eigenvalue weighted by Gasteiger charge is 2.41. The molecule has 49 heavy (non-hydrogen) atoms. The monoisotopic (exact) mass is 728 g/mol. The molecule has 5 atom stereocenters. The molecule has 12 N–H and O–H groups in total. The van der Waals surface area contributed by atoms with Gasteiger partial charge in [-0.05, 0) is 74.1 Å². The first-order chi connectivity index (χ1) is 23.1. The van der Waals surface area contributed by atoms with E-state index in [2.05, 4.69) is 10.6 Å². The average molecular weight is 729 g/mol. The van der Waals surface area contributed by atoms with Crippen LogP contribution in [-0.4, -0.2) is 93.6 Å². The maximum Gasteiger partial charge on any atom is 0.295 e. The van der Waals surface area contributed by atoms with Crippen LogP contribution < -0.4 is 27.8 Å². The molecule has 14 nitrogen and oxygen atoms in total. The van der Waals surface area contributed by atoms with Crippen molar-refractivity contribution in [3.05, 3.63) is 41.2 Å². The first kappa shape index (κ1) is 41.0. The van der Waals surface area contributed by atoms with Crippen molar-refractivity contribution in [2.75, 3.05) is 31.6 Å². The smallest absolute Gasteiger partial charge is 0.295 e. The molecule has 0 aliphatic heterocycles. The molecular weight excluding hydrogens is 672 g/mol. The number of hydrogen-bond donors (Lipinski definition) is 9. The molecule has 2 aliphatic carbocycles. The van der Waals surface area contributed by atoms with E-state index < -0.39 is 57.1 Å².